The molecule has 154 valence electrons. The predicted molar refractivity (Wildman–Crippen MR) is 119 cm³/mol. The fourth-order valence-corrected chi connectivity index (χ4v) is 3.30. The van der Waals surface area contributed by atoms with E-state index in [9.17, 15) is 19.8 Å². The molecule has 1 amide bonds. The Morgan fingerprint density at radius 1 is 0.933 bits per heavy atom. The minimum Gasteiger partial charge on any atom is -0.508 e. The number of phenols is 1. The second-order valence-corrected chi connectivity index (χ2v) is 8.42. The molecule has 0 atom stereocenters. The molecule has 3 aromatic carbocycles. The lowest BCUT2D eigenvalue weighted by Gasteiger charge is -2.19. The zero-order valence-corrected chi connectivity index (χ0v) is 17.6. The Kier molecular flexibility index (Phi) is 5.85. The van der Waals surface area contributed by atoms with E-state index in [0.717, 1.165) is 5.56 Å². The molecular weight excluding hydrogens is 402 g/mol. The van der Waals surface area contributed by atoms with Gasteiger partial charge >= 0.3 is 5.97 Å². The molecule has 0 radical (unpaired) electrons. The van der Waals surface area contributed by atoms with Crippen LogP contribution in [-0.2, 0) is 5.41 Å². The van der Waals surface area contributed by atoms with Crippen LogP contribution in [0.5, 0.6) is 5.75 Å². The molecule has 0 unspecified atom stereocenters. The van der Waals surface area contributed by atoms with Gasteiger partial charge in [-0.2, -0.15) is 0 Å². The van der Waals surface area contributed by atoms with Crippen molar-refractivity contribution in [3.63, 3.8) is 0 Å². The van der Waals surface area contributed by atoms with E-state index in [1.165, 1.54) is 24.3 Å². The first-order valence-corrected chi connectivity index (χ1v) is 9.72. The summed E-state index contributed by atoms with van der Waals surface area (Å²) in [6, 6.07) is 16.3. The topological polar surface area (TPSA) is 86.6 Å². The van der Waals surface area contributed by atoms with Crippen LogP contribution >= 0.6 is 11.6 Å². The van der Waals surface area contributed by atoms with Gasteiger partial charge in [-0.1, -0.05) is 56.6 Å². The SMILES string of the molecule is CC(C)(C)c1ccc(C(=O)Nc2cc(Cl)c(-c3ccc(O)cc3)cc2C(=O)O)cc1. The van der Waals surface area contributed by atoms with E-state index in [1.54, 1.807) is 24.3 Å². The first-order valence-electron chi connectivity index (χ1n) is 9.34. The van der Waals surface area contributed by atoms with E-state index < -0.39 is 11.9 Å². The number of carbonyl (C=O) groups is 2. The highest BCUT2D eigenvalue weighted by molar-refractivity contribution is 6.34. The molecule has 3 aromatic rings. The summed E-state index contributed by atoms with van der Waals surface area (Å²) in [5, 5.41) is 22.0. The molecule has 5 nitrogen and oxygen atoms in total. The van der Waals surface area contributed by atoms with Crippen LogP contribution in [0.1, 0.15) is 47.1 Å². The van der Waals surface area contributed by atoms with Crippen molar-refractivity contribution < 1.29 is 19.8 Å². The van der Waals surface area contributed by atoms with Gasteiger partial charge in [-0.05, 0) is 52.9 Å². The molecule has 0 aliphatic carbocycles. The largest absolute Gasteiger partial charge is 0.508 e. The van der Waals surface area contributed by atoms with Crippen molar-refractivity contribution in [3.05, 3.63) is 82.4 Å². The lowest BCUT2D eigenvalue weighted by atomic mass is 9.86. The quantitative estimate of drug-likeness (QED) is 0.483. The molecule has 3 N–H and O–H groups in total. The predicted octanol–water partition coefficient (Wildman–Crippen LogP) is 5.96. The zero-order chi connectivity index (χ0) is 22.1. The van der Waals surface area contributed by atoms with E-state index in [2.05, 4.69) is 26.1 Å². The van der Waals surface area contributed by atoms with E-state index in [-0.39, 0.29) is 27.4 Å². The number of halogens is 1. The number of aromatic carboxylic acids is 1. The molecule has 0 aromatic heterocycles. The summed E-state index contributed by atoms with van der Waals surface area (Å²) < 4.78 is 0. The van der Waals surface area contributed by atoms with E-state index in [4.69, 9.17) is 11.6 Å². The zero-order valence-electron chi connectivity index (χ0n) is 16.9. The maximum Gasteiger partial charge on any atom is 0.337 e. The Hall–Kier alpha value is -3.31. The number of hydrogen-bond acceptors (Lipinski definition) is 3. The average molecular weight is 424 g/mol. The molecule has 0 fully saturated rings. The number of benzene rings is 3. The summed E-state index contributed by atoms with van der Waals surface area (Å²) in [5.41, 5.74) is 2.63. The highest BCUT2D eigenvalue weighted by atomic mass is 35.5. The first kappa shape index (κ1) is 21.4. The molecule has 0 spiro atoms. The molecular formula is C24H22ClNO4. The highest BCUT2D eigenvalue weighted by Crippen LogP contribution is 2.34. The minimum absolute atomic E-state index is 0.0386. The smallest absolute Gasteiger partial charge is 0.337 e. The minimum atomic E-state index is -1.19. The van der Waals surface area contributed by atoms with Gasteiger partial charge in [-0.15, -0.1) is 0 Å². The summed E-state index contributed by atoms with van der Waals surface area (Å²) in [7, 11) is 0. The van der Waals surface area contributed by atoms with Crippen LogP contribution in [0.3, 0.4) is 0 Å². The average Bonchev–Trinajstić information content (AvgIpc) is 2.68. The fraction of sp³-hybridized carbons (Fsp3) is 0.167. The number of anilines is 1. The third-order valence-electron chi connectivity index (χ3n) is 4.78. The number of carboxylic acid groups (broad SMARTS) is 1. The number of carbonyl (C=O) groups excluding carboxylic acids is 1. The number of amides is 1. The van der Waals surface area contributed by atoms with E-state index in [1.807, 2.05) is 12.1 Å². The third-order valence-corrected chi connectivity index (χ3v) is 5.09. The number of rotatable bonds is 4. The van der Waals surface area contributed by atoms with Crippen molar-refractivity contribution in [2.24, 2.45) is 0 Å². The van der Waals surface area contributed by atoms with Gasteiger partial charge in [-0.25, -0.2) is 4.79 Å². The Bertz CT molecular complexity index is 1100. The van der Waals surface area contributed by atoms with Gasteiger partial charge in [0.2, 0.25) is 0 Å². The van der Waals surface area contributed by atoms with Gasteiger partial charge in [0.25, 0.3) is 5.91 Å². The maximum atomic E-state index is 12.7. The fourth-order valence-electron chi connectivity index (χ4n) is 3.03. The number of phenolic OH excluding ortho intramolecular Hbond substituents is 1. The van der Waals surface area contributed by atoms with Crippen molar-refractivity contribution in [1.29, 1.82) is 0 Å². The summed E-state index contributed by atoms with van der Waals surface area (Å²) in [6.07, 6.45) is 0. The van der Waals surface area contributed by atoms with Crippen LogP contribution in [0.25, 0.3) is 11.1 Å². The maximum absolute atomic E-state index is 12.7. The highest BCUT2D eigenvalue weighted by Gasteiger charge is 2.19. The molecule has 0 bridgehead atoms. The van der Waals surface area contributed by atoms with Crippen LogP contribution < -0.4 is 5.32 Å². The van der Waals surface area contributed by atoms with Crippen molar-refractivity contribution in [3.8, 4) is 16.9 Å². The number of aromatic hydroxyl groups is 1. The molecule has 3 rings (SSSR count). The van der Waals surface area contributed by atoms with Crippen LogP contribution in [0.2, 0.25) is 5.02 Å². The summed E-state index contributed by atoms with van der Waals surface area (Å²) >= 11 is 6.37. The molecule has 30 heavy (non-hydrogen) atoms. The van der Waals surface area contributed by atoms with Gasteiger partial charge in [0.15, 0.2) is 0 Å². The Labute approximate surface area is 179 Å². The number of carboxylic acids is 1. The number of nitrogens with one attached hydrogen (secondary N) is 1. The van der Waals surface area contributed by atoms with Gasteiger partial charge in [0.05, 0.1) is 16.3 Å². The van der Waals surface area contributed by atoms with Gasteiger partial charge in [-0.3, -0.25) is 4.79 Å². The van der Waals surface area contributed by atoms with E-state index in [0.29, 0.717) is 16.7 Å². The Balaban J connectivity index is 1.93. The van der Waals surface area contributed by atoms with E-state index >= 15 is 0 Å². The normalized spacial score (nSPS) is 11.2. The van der Waals surface area contributed by atoms with Crippen molar-refractivity contribution in [1.82, 2.24) is 0 Å². The van der Waals surface area contributed by atoms with Gasteiger partial charge < -0.3 is 15.5 Å². The monoisotopic (exact) mass is 423 g/mol. The van der Waals surface area contributed by atoms with Crippen molar-refractivity contribution in [2.45, 2.75) is 26.2 Å². The van der Waals surface area contributed by atoms with Crippen molar-refractivity contribution >= 4 is 29.2 Å². The molecule has 0 saturated carbocycles. The second kappa shape index (κ2) is 8.20. The second-order valence-electron chi connectivity index (χ2n) is 8.01. The van der Waals surface area contributed by atoms with Crippen LogP contribution in [0.4, 0.5) is 5.69 Å². The third kappa shape index (κ3) is 4.63. The Morgan fingerprint density at radius 3 is 2.07 bits per heavy atom. The molecule has 0 heterocycles. The van der Waals surface area contributed by atoms with Crippen LogP contribution in [-0.4, -0.2) is 22.1 Å². The summed E-state index contributed by atoms with van der Waals surface area (Å²) in [6.45, 7) is 6.25. The molecule has 0 aliphatic rings. The number of hydrogen-bond donors (Lipinski definition) is 3. The lowest BCUT2D eigenvalue weighted by molar-refractivity contribution is 0.0698. The summed E-state index contributed by atoms with van der Waals surface area (Å²) in [4.78, 5) is 24.5. The molecule has 0 saturated heterocycles. The van der Waals surface area contributed by atoms with Crippen LogP contribution in [0, 0.1) is 0 Å². The standard InChI is InChI=1S/C24H22ClNO4/c1-24(2,3)16-8-4-15(5-9-16)22(28)26-21-13-20(25)18(12-19(21)23(29)30)14-6-10-17(27)11-7-14/h4-13,27H,1-3H3,(H,26,28)(H,29,30). The van der Waals surface area contributed by atoms with Crippen molar-refractivity contribution in [2.75, 3.05) is 5.32 Å². The Morgan fingerprint density at radius 2 is 1.53 bits per heavy atom. The molecule has 0 aliphatic heterocycles. The first-order chi connectivity index (χ1) is 14.1. The lowest BCUT2D eigenvalue weighted by Crippen LogP contribution is -2.16. The van der Waals surface area contributed by atoms with Gasteiger partial charge in [0.1, 0.15) is 5.75 Å². The molecule has 6 heteroatoms. The van der Waals surface area contributed by atoms with Gasteiger partial charge in [0, 0.05) is 11.1 Å². The summed E-state index contributed by atoms with van der Waals surface area (Å²) in [5.74, 6) is -1.52. The van der Waals surface area contributed by atoms with Crippen LogP contribution in [0.15, 0.2) is 60.7 Å².